The molecule has 5 atom stereocenters. The zero-order valence-corrected chi connectivity index (χ0v) is 11.5. The maximum Gasteiger partial charge on any atom is 0.370 e. The summed E-state index contributed by atoms with van der Waals surface area (Å²) in [4.78, 5) is 24.5. The van der Waals surface area contributed by atoms with E-state index in [4.69, 9.17) is 15.4 Å². The molecule has 0 aromatic carbocycles. The number of nitrogens with one attached hydrogen (secondary N) is 1. The Morgan fingerprint density at radius 2 is 2.18 bits per heavy atom. The third-order valence-corrected chi connectivity index (χ3v) is 2.95. The van der Waals surface area contributed by atoms with Crippen LogP contribution in [0.3, 0.4) is 0 Å². The second kappa shape index (κ2) is 7.61. The van der Waals surface area contributed by atoms with E-state index < -0.39 is 54.6 Å². The Balaban J connectivity index is 3.03. The zero-order chi connectivity index (χ0) is 16.9. The van der Waals surface area contributed by atoms with Crippen LogP contribution in [0, 0.1) is 0 Å². The summed E-state index contributed by atoms with van der Waals surface area (Å²) >= 11 is 0. The Kier molecular flexibility index (Phi) is 6.13. The van der Waals surface area contributed by atoms with Crippen molar-refractivity contribution in [1.82, 2.24) is 5.32 Å². The third kappa shape index (κ3) is 4.33. The quantitative estimate of drug-likeness (QED) is 0.218. The monoisotopic (exact) mass is 316 g/mol. The molecule has 22 heavy (non-hydrogen) atoms. The molecular weight excluding hydrogens is 300 g/mol. The molecule has 0 unspecified atom stereocenters. The summed E-state index contributed by atoms with van der Waals surface area (Å²) in [7, 11) is 0. The lowest BCUT2D eigenvalue weighted by molar-refractivity contribution is -0.147. The van der Waals surface area contributed by atoms with Crippen LogP contribution in [0.25, 0.3) is 10.4 Å². The van der Waals surface area contributed by atoms with E-state index in [2.05, 4.69) is 15.3 Å². The number of carbonyl (C=O) groups is 2. The lowest BCUT2D eigenvalue weighted by atomic mass is 9.93. The topological polar surface area (TPSA) is 185 Å². The van der Waals surface area contributed by atoms with E-state index in [1.165, 1.54) is 0 Å². The first kappa shape index (κ1) is 17.7. The van der Waals surface area contributed by atoms with E-state index in [1.807, 2.05) is 0 Å². The molecule has 122 valence electrons. The molecule has 1 rings (SSSR count). The first-order chi connectivity index (χ1) is 10.3. The van der Waals surface area contributed by atoms with Gasteiger partial charge in [0, 0.05) is 11.8 Å². The summed E-state index contributed by atoms with van der Waals surface area (Å²) < 4.78 is 5.04. The molecule has 0 radical (unpaired) electrons. The van der Waals surface area contributed by atoms with Gasteiger partial charge in [0.2, 0.25) is 11.7 Å². The Labute approximate surface area is 124 Å². The van der Waals surface area contributed by atoms with Gasteiger partial charge in [0.1, 0.15) is 12.2 Å². The lowest BCUT2D eigenvalue weighted by Crippen LogP contribution is -2.59. The molecule has 1 heterocycles. The van der Waals surface area contributed by atoms with Crippen LogP contribution in [0.15, 0.2) is 16.9 Å². The minimum atomic E-state index is -1.71. The van der Waals surface area contributed by atoms with Crippen LogP contribution in [0.4, 0.5) is 0 Å². The maximum atomic E-state index is 11.2. The van der Waals surface area contributed by atoms with Gasteiger partial charge >= 0.3 is 5.97 Å². The highest BCUT2D eigenvalue weighted by atomic mass is 16.5. The molecule has 0 aromatic heterocycles. The molecule has 0 saturated heterocycles. The van der Waals surface area contributed by atoms with E-state index in [0.29, 0.717) is 0 Å². The molecular formula is C11H16N4O7. The van der Waals surface area contributed by atoms with Crippen molar-refractivity contribution >= 4 is 11.9 Å². The molecule has 0 aliphatic carbocycles. The maximum absolute atomic E-state index is 11.2. The largest absolute Gasteiger partial charge is 0.478 e. The molecule has 0 aromatic rings. The minimum Gasteiger partial charge on any atom is -0.478 e. The summed E-state index contributed by atoms with van der Waals surface area (Å²) in [6.45, 7) is 0.662. The molecule has 0 spiro atoms. The van der Waals surface area contributed by atoms with Crippen molar-refractivity contribution in [2.45, 2.75) is 37.4 Å². The number of carboxylic acids is 1. The normalized spacial score (nSPS) is 26.7. The van der Waals surface area contributed by atoms with Gasteiger partial charge in [0.05, 0.1) is 18.7 Å². The van der Waals surface area contributed by atoms with Gasteiger partial charge in [-0.3, -0.25) is 4.79 Å². The van der Waals surface area contributed by atoms with Crippen LogP contribution in [0.2, 0.25) is 0 Å². The first-order valence-electron chi connectivity index (χ1n) is 6.21. The molecule has 0 saturated carbocycles. The number of rotatable bonds is 6. The van der Waals surface area contributed by atoms with Crippen molar-refractivity contribution in [2.24, 2.45) is 5.11 Å². The highest BCUT2D eigenvalue weighted by Gasteiger charge is 2.42. The summed E-state index contributed by atoms with van der Waals surface area (Å²) in [5.41, 5.74) is 8.19. The second-order valence-corrected chi connectivity index (χ2v) is 4.61. The predicted molar refractivity (Wildman–Crippen MR) is 70.2 cm³/mol. The number of hydrogen-bond donors (Lipinski definition) is 5. The number of amides is 1. The summed E-state index contributed by atoms with van der Waals surface area (Å²) in [6, 6.07) is -1.18. The Hall–Kier alpha value is -2.33. The summed E-state index contributed by atoms with van der Waals surface area (Å²) in [5.74, 6) is -2.67. The number of aliphatic hydroxyl groups is 3. The van der Waals surface area contributed by atoms with Gasteiger partial charge in [0.25, 0.3) is 0 Å². The fourth-order valence-corrected chi connectivity index (χ4v) is 1.97. The van der Waals surface area contributed by atoms with Crippen molar-refractivity contribution in [3.8, 4) is 0 Å². The number of hydrogen-bond acceptors (Lipinski definition) is 7. The summed E-state index contributed by atoms with van der Waals surface area (Å²) in [6.07, 6.45) is -5.31. The molecule has 0 fully saturated rings. The van der Waals surface area contributed by atoms with Gasteiger partial charge in [-0.25, -0.2) is 4.79 Å². The smallest absolute Gasteiger partial charge is 0.370 e. The van der Waals surface area contributed by atoms with E-state index in [-0.39, 0.29) is 0 Å². The Bertz CT molecular complexity index is 517. The molecule has 5 N–H and O–H groups in total. The fraction of sp³-hybridized carbons (Fsp3) is 0.636. The van der Waals surface area contributed by atoms with Crippen molar-refractivity contribution in [3.05, 3.63) is 22.3 Å². The number of nitrogens with zero attached hydrogens (tertiary/aromatic N) is 3. The van der Waals surface area contributed by atoms with Gasteiger partial charge in [-0.15, -0.1) is 0 Å². The number of aliphatic carboxylic acids is 1. The first-order valence-corrected chi connectivity index (χ1v) is 6.21. The third-order valence-electron chi connectivity index (χ3n) is 2.95. The average Bonchev–Trinajstić information content (AvgIpc) is 2.45. The van der Waals surface area contributed by atoms with Crippen LogP contribution < -0.4 is 5.32 Å². The summed E-state index contributed by atoms with van der Waals surface area (Å²) in [5, 5.41) is 43.9. The van der Waals surface area contributed by atoms with E-state index in [0.717, 1.165) is 13.0 Å². The molecule has 11 nitrogen and oxygen atoms in total. The van der Waals surface area contributed by atoms with Crippen LogP contribution in [-0.4, -0.2) is 69.3 Å². The van der Waals surface area contributed by atoms with Gasteiger partial charge in [-0.2, -0.15) is 0 Å². The number of carbonyl (C=O) groups excluding carboxylic acids is 1. The van der Waals surface area contributed by atoms with E-state index in [1.54, 1.807) is 0 Å². The molecule has 11 heteroatoms. The number of carboxylic acid groups (broad SMARTS) is 1. The molecule has 0 bridgehead atoms. The minimum absolute atomic E-state index is 0.494. The molecule has 1 amide bonds. The number of aliphatic hydroxyl groups excluding tert-OH is 3. The van der Waals surface area contributed by atoms with Crippen molar-refractivity contribution in [3.63, 3.8) is 0 Å². The van der Waals surface area contributed by atoms with Crippen molar-refractivity contribution in [1.29, 1.82) is 0 Å². The van der Waals surface area contributed by atoms with Crippen LogP contribution >= 0.6 is 0 Å². The lowest BCUT2D eigenvalue weighted by Gasteiger charge is -2.38. The molecule has 1 aliphatic rings. The second-order valence-electron chi connectivity index (χ2n) is 4.61. The highest BCUT2D eigenvalue weighted by molar-refractivity contribution is 5.84. The Morgan fingerprint density at radius 3 is 2.68 bits per heavy atom. The van der Waals surface area contributed by atoms with E-state index >= 15 is 0 Å². The average molecular weight is 316 g/mol. The van der Waals surface area contributed by atoms with Gasteiger partial charge in [0.15, 0.2) is 6.10 Å². The molecule has 1 aliphatic heterocycles. The fourth-order valence-electron chi connectivity index (χ4n) is 1.97. The van der Waals surface area contributed by atoms with Crippen molar-refractivity contribution < 1.29 is 34.8 Å². The SMILES string of the molecule is CC(=O)N[C@H]1[C@H]([C@@H](O)[C@H](O)CN=[N+]=[N-])OC(C(=O)O)=C[C@@H]1O. The van der Waals surface area contributed by atoms with Crippen LogP contribution in [0.1, 0.15) is 6.92 Å². The highest BCUT2D eigenvalue weighted by Crippen LogP contribution is 2.23. The van der Waals surface area contributed by atoms with Gasteiger partial charge < -0.3 is 30.5 Å². The van der Waals surface area contributed by atoms with Gasteiger partial charge in [-0.1, -0.05) is 5.11 Å². The van der Waals surface area contributed by atoms with Gasteiger partial charge in [-0.05, 0) is 11.6 Å². The Morgan fingerprint density at radius 1 is 1.55 bits per heavy atom. The zero-order valence-electron chi connectivity index (χ0n) is 11.5. The predicted octanol–water partition coefficient (Wildman–Crippen LogP) is -1.75. The van der Waals surface area contributed by atoms with Crippen molar-refractivity contribution in [2.75, 3.05) is 6.54 Å². The number of ether oxygens (including phenoxy) is 1. The number of azide groups is 1. The van der Waals surface area contributed by atoms with Crippen LogP contribution in [0.5, 0.6) is 0 Å². The van der Waals surface area contributed by atoms with E-state index in [9.17, 15) is 24.9 Å². The van der Waals surface area contributed by atoms with Crippen LogP contribution in [-0.2, 0) is 14.3 Å². The standard InChI is InChI=1S/C11H16N4O7/c1-4(16)14-8-5(17)2-7(11(20)21)22-10(8)9(19)6(18)3-13-15-12/h2,5-6,8-10,17-19H,3H2,1H3,(H,14,16)(H,20,21)/t5-,6+,8+,9-,10+/m0/s1.